The van der Waals surface area contributed by atoms with Crippen molar-refractivity contribution in [3.05, 3.63) is 33.9 Å². The van der Waals surface area contributed by atoms with Crippen molar-refractivity contribution in [2.75, 3.05) is 11.9 Å². The number of nitro benzene ring substituents is 1. The van der Waals surface area contributed by atoms with Gasteiger partial charge in [0.2, 0.25) is 0 Å². The minimum atomic E-state index is -0.840. The first-order chi connectivity index (χ1) is 9.98. The molecule has 1 saturated carbocycles. The first-order valence-electron chi connectivity index (χ1n) is 6.64. The van der Waals surface area contributed by atoms with Crippen LogP contribution in [0.2, 0.25) is 0 Å². The molecule has 0 aliphatic heterocycles. The number of carbonyl (C=O) groups is 1. The van der Waals surface area contributed by atoms with Crippen LogP contribution in [0.15, 0.2) is 18.2 Å². The van der Waals surface area contributed by atoms with Crippen molar-refractivity contribution in [1.29, 1.82) is 5.26 Å². The number of carboxylic acid groups (broad SMARTS) is 1. The van der Waals surface area contributed by atoms with E-state index in [4.69, 9.17) is 5.26 Å². The molecule has 0 radical (unpaired) electrons. The molecule has 0 unspecified atom stereocenters. The normalized spacial score (nSPS) is 16.1. The van der Waals surface area contributed by atoms with Crippen molar-refractivity contribution in [2.45, 2.75) is 25.7 Å². The molecule has 0 heterocycles. The third-order valence-electron chi connectivity index (χ3n) is 3.97. The summed E-state index contributed by atoms with van der Waals surface area (Å²) in [7, 11) is 0. The van der Waals surface area contributed by atoms with E-state index in [0.29, 0.717) is 18.5 Å². The van der Waals surface area contributed by atoms with Gasteiger partial charge in [-0.05, 0) is 18.9 Å². The molecule has 0 atom stereocenters. The van der Waals surface area contributed by atoms with E-state index < -0.39 is 16.3 Å². The molecule has 1 aromatic rings. The number of hydrogen-bond acceptors (Lipinski definition) is 5. The van der Waals surface area contributed by atoms with Crippen LogP contribution in [-0.2, 0) is 4.79 Å². The van der Waals surface area contributed by atoms with Crippen molar-refractivity contribution < 1.29 is 14.8 Å². The lowest BCUT2D eigenvalue weighted by molar-refractivity contribution is -0.384. The molecule has 1 fully saturated rings. The highest BCUT2D eigenvalue weighted by Crippen LogP contribution is 2.38. The zero-order chi connectivity index (χ0) is 15.5. The van der Waals surface area contributed by atoms with E-state index >= 15 is 0 Å². The number of carboxylic acids is 1. The highest BCUT2D eigenvalue weighted by atomic mass is 16.6. The Balaban J connectivity index is 2.18. The van der Waals surface area contributed by atoms with E-state index in [1.54, 1.807) is 0 Å². The number of rotatable bonds is 5. The maximum Gasteiger partial charge on any atom is 0.311 e. The van der Waals surface area contributed by atoms with E-state index in [1.165, 1.54) is 18.2 Å². The molecule has 110 valence electrons. The summed E-state index contributed by atoms with van der Waals surface area (Å²) < 4.78 is 0. The Kier molecular flexibility index (Phi) is 4.08. The summed E-state index contributed by atoms with van der Waals surface area (Å²) in [5.74, 6) is -0.840. The van der Waals surface area contributed by atoms with Crippen molar-refractivity contribution in [3.8, 4) is 6.07 Å². The summed E-state index contributed by atoms with van der Waals surface area (Å²) in [5.41, 5.74) is -0.404. The molecule has 1 aliphatic carbocycles. The van der Waals surface area contributed by atoms with E-state index in [1.807, 2.05) is 6.07 Å². The van der Waals surface area contributed by atoms with Gasteiger partial charge >= 0.3 is 5.97 Å². The largest absolute Gasteiger partial charge is 0.481 e. The van der Waals surface area contributed by atoms with Gasteiger partial charge in [0.25, 0.3) is 5.69 Å². The number of non-ortho nitro benzene ring substituents is 1. The average molecular weight is 289 g/mol. The van der Waals surface area contributed by atoms with Gasteiger partial charge in [-0.15, -0.1) is 0 Å². The second-order valence-corrected chi connectivity index (χ2v) is 5.24. The van der Waals surface area contributed by atoms with Gasteiger partial charge in [-0.2, -0.15) is 5.26 Å². The van der Waals surface area contributed by atoms with Crippen LogP contribution in [-0.4, -0.2) is 22.5 Å². The number of nitrogens with zero attached hydrogens (tertiary/aromatic N) is 2. The summed E-state index contributed by atoms with van der Waals surface area (Å²) in [6.45, 7) is 0.217. The molecule has 2 rings (SSSR count). The Bertz CT molecular complexity index is 615. The van der Waals surface area contributed by atoms with Gasteiger partial charge in [-0.1, -0.05) is 12.8 Å². The molecular weight excluding hydrogens is 274 g/mol. The number of nitrogens with one attached hydrogen (secondary N) is 1. The number of aliphatic carboxylic acids is 1. The molecule has 0 amide bonds. The van der Waals surface area contributed by atoms with Crippen molar-refractivity contribution in [2.24, 2.45) is 5.41 Å². The first kappa shape index (κ1) is 14.8. The Morgan fingerprint density at radius 2 is 2.14 bits per heavy atom. The molecule has 1 aliphatic rings. The lowest BCUT2D eigenvalue weighted by Crippen LogP contribution is -2.35. The number of benzene rings is 1. The van der Waals surface area contributed by atoms with Crippen molar-refractivity contribution in [1.82, 2.24) is 0 Å². The van der Waals surface area contributed by atoms with Gasteiger partial charge < -0.3 is 10.4 Å². The predicted molar refractivity (Wildman–Crippen MR) is 74.8 cm³/mol. The van der Waals surface area contributed by atoms with Crippen LogP contribution in [0.4, 0.5) is 11.4 Å². The second-order valence-electron chi connectivity index (χ2n) is 5.24. The summed E-state index contributed by atoms with van der Waals surface area (Å²) >= 11 is 0. The smallest absolute Gasteiger partial charge is 0.311 e. The van der Waals surface area contributed by atoms with Gasteiger partial charge in [0.15, 0.2) is 0 Å². The van der Waals surface area contributed by atoms with Gasteiger partial charge in [0, 0.05) is 18.7 Å². The average Bonchev–Trinajstić information content (AvgIpc) is 2.95. The van der Waals surface area contributed by atoms with Gasteiger partial charge in [-0.3, -0.25) is 14.9 Å². The van der Waals surface area contributed by atoms with E-state index in [9.17, 15) is 20.0 Å². The SMILES string of the molecule is N#Cc1cc([N+](=O)[O-])ccc1NCC1(C(=O)O)CCCC1. The van der Waals surface area contributed by atoms with Crippen LogP contribution in [0.1, 0.15) is 31.2 Å². The highest BCUT2D eigenvalue weighted by Gasteiger charge is 2.41. The van der Waals surface area contributed by atoms with Crippen LogP contribution >= 0.6 is 0 Å². The lowest BCUT2D eigenvalue weighted by Gasteiger charge is -2.24. The quantitative estimate of drug-likeness (QED) is 0.635. The number of hydrogen-bond donors (Lipinski definition) is 2. The number of nitriles is 1. The Labute approximate surface area is 121 Å². The summed E-state index contributed by atoms with van der Waals surface area (Å²) in [4.78, 5) is 21.6. The predicted octanol–water partition coefficient (Wildman–Crippen LogP) is 2.52. The topological polar surface area (TPSA) is 116 Å². The van der Waals surface area contributed by atoms with Gasteiger partial charge in [0.05, 0.1) is 21.6 Å². The monoisotopic (exact) mass is 289 g/mol. The Morgan fingerprint density at radius 3 is 2.67 bits per heavy atom. The highest BCUT2D eigenvalue weighted by molar-refractivity contribution is 5.76. The van der Waals surface area contributed by atoms with Crippen molar-refractivity contribution >= 4 is 17.3 Å². The van der Waals surface area contributed by atoms with E-state index in [-0.39, 0.29) is 17.8 Å². The van der Waals surface area contributed by atoms with Crippen LogP contribution in [0.25, 0.3) is 0 Å². The summed E-state index contributed by atoms with van der Waals surface area (Å²) in [6.07, 6.45) is 2.95. The molecule has 0 saturated heterocycles. The van der Waals surface area contributed by atoms with Gasteiger partial charge in [-0.25, -0.2) is 0 Å². The fourth-order valence-corrected chi connectivity index (χ4v) is 2.67. The minimum absolute atomic E-state index is 0.141. The summed E-state index contributed by atoms with van der Waals surface area (Å²) in [6, 6.07) is 5.82. The van der Waals surface area contributed by atoms with Crippen LogP contribution in [0.5, 0.6) is 0 Å². The van der Waals surface area contributed by atoms with Crippen LogP contribution in [0, 0.1) is 26.9 Å². The molecule has 7 heteroatoms. The maximum absolute atomic E-state index is 11.4. The lowest BCUT2D eigenvalue weighted by atomic mass is 9.86. The molecule has 1 aromatic carbocycles. The van der Waals surface area contributed by atoms with Crippen LogP contribution < -0.4 is 5.32 Å². The Hall–Kier alpha value is -2.62. The molecule has 7 nitrogen and oxygen atoms in total. The first-order valence-corrected chi connectivity index (χ1v) is 6.64. The standard InChI is InChI=1S/C14H15N3O4/c15-8-10-7-11(17(20)21)3-4-12(10)16-9-14(13(18)19)5-1-2-6-14/h3-4,7,16H,1-2,5-6,9H2,(H,18,19). The van der Waals surface area contributed by atoms with Gasteiger partial charge in [0.1, 0.15) is 6.07 Å². The molecule has 0 aromatic heterocycles. The Morgan fingerprint density at radius 1 is 1.48 bits per heavy atom. The molecule has 0 bridgehead atoms. The summed E-state index contributed by atoms with van der Waals surface area (Å²) in [5, 5.41) is 32.1. The maximum atomic E-state index is 11.4. The molecule has 21 heavy (non-hydrogen) atoms. The minimum Gasteiger partial charge on any atom is -0.481 e. The second kappa shape index (κ2) is 5.79. The fraction of sp³-hybridized carbons (Fsp3) is 0.429. The van der Waals surface area contributed by atoms with E-state index in [0.717, 1.165) is 12.8 Å². The fourth-order valence-electron chi connectivity index (χ4n) is 2.67. The third-order valence-corrected chi connectivity index (χ3v) is 3.97. The number of anilines is 1. The zero-order valence-corrected chi connectivity index (χ0v) is 11.3. The molecule has 0 spiro atoms. The number of nitro groups is 1. The third kappa shape index (κ3) is 2.94. The van der Waals surface area contributed by atoms with Crippen molar-refractivity contribution in [3.63, 3.8) is 0 Å². The zero-order valence-electron chi connectivity index (χ0n) is 11.3. The molecular formula is C14H15N3O4. The van der Waals surface area contributed by atoms with Crippen LogP contribution in [0.3, 0.4) is 0 Å². The van der Waals surface area contributed by atoms with E-state index in [2.05, 4.69) is 5.32 Å². The molecule has 2 N–H and O–H groups in total.